The number of thiophene rings is 1. The number of benzene rings is 2. The van der Waals surface area contributed by atoms with Gasteiger partial charge >= 0.3 is 0 Å². The number of phenolic OH excluding ortho intramolecular Hbond substituents is 1. The van der Waals surface area contributed by atoms with Gasteiger partial charge in [-0.05, 0) is 78.6 Å². The molecule has 226 valence electrons. The number of likely N-dealkylation sites (tertiary alicyclic amines) is 1. The van der Waals surface area contributed by atoms with Crippen molar-refractivity contribution in [3.05, 3.63) is 97.7 Å². The minimum atomic E-state index is -0.951. The number of phenols is 1. The fourth-order valence-corrected chi connectivity index (χ4v) is 7.32. The highest BCUT2D eigenvalue weighted by atomic mass is 79.9. The first-order valence-corrected chi connectivity index (χ1v) is 16.2. The quantitative estimate of drug-likeness (QED) is 0.154. The molecule has 2 heterocycles. The maximum atomic E-state index is 13.7. The number of ether oxygens (including phenoxy) is 1. The molecule has 7 nitrogen and oxygen atoms in total. The van der Waals surface area contributed by atoms with Crippen LogP contribution in [0.1, 0.15) is 43.0 Å². The molecule has 3 N–H and O–H groups in total. The molecule has 0 saturated carbocycles. The lowest BCUT2D eigenvalue weighted by atomic mass is 9.68. The first-order chi connectivity index (χ1) is 20.8. The summed E-state index contributed by atoms with van der Waals surface area (Å²) < 4.78 is 6.94. The van der Waals surface area contributed by atoms with Gasteiger partial charge in [0.15, 0.2) is 0 Å². The second-order valence-electron chi connectivity index (χ2n) is 11.0. The Morgan fingerprint density at radius 3 is 2.63 bits per heavy atom. The monoisotopic (exact) mass is 665 g/mol. The van der Waals surface area contributed by atoms with Crippen molar-refractivity contribution in [3.8, 4) is 11.5 Å². The smallest absolute Gasteiger partial charge is 0.234 e. The molecule has 2 aliphatic rings. The number of halogens is 1. The summed E-state index contributed by atoms with van der Waals surface area (Å²) in [5.41, 5.74) is 3.08. The van der Waals surface area contributed by atoms with Crippen molar-refractivity contribution in [1.82, 2.24) is 4.90 Å². The van der Waals surface area contributed by atoms with Gasteiger partial charge in [0, 0.05) is 20.8 Å². The number of fused-ring (bicyclic) bond motifs is 1. The van der Waals surface area contributed by atoms with Crippen LogP contribution in [-0.4, -0.2) is 51.4 Å². The fourth-order valence-electron chi connectivity index (χ4n) is 6.25. The number of nitrogens with zero attached hydrogens (tertiary/aromatic N) is 1. The molecule has 1 aliphatic carbocycles. The number of aliphatic hydroxyl groups excluding tert-OH is 2. The van der Waals surface area contributed by atoms with Crippen LogP contribution in [0.15, 0.2) is 87.2 Å². The van der Waals surface area contributed by atoms with Gasteiger partial charge in [-0.25, -0.2) is 0 Å². The van der Waals surface area contributed by atoms with Gasteiger partial charge in [0.05, 0.1) is 31.1 Å². The third-order valence-corrected chi connectivity index (χ3v) is 9.78. The van der Waals surface area contributed by atoms with Crippen LogP contribution in [0.4, 0.5) is 0 Å². The van der Waals surface area contributed by atoms with Gasteiger partial charge in [-0.1, -0.05) is 58.8 Å². The van der Waals surface area contributed by atoms with E-state index in [1.165, 1.54) is 16.2 Å². The predicted molar refractivity (Wildman–Crippen MR) is 170 cm³/mol. The zero-order valence-corrected chi connectivity index (χ0v) is 26.4. The van der Waals surface area contributed by atoms with E-state index in [2.05, 4.69) is 15.9 Å². The third-order valence-electron chi connectivity index (χ3n) is 8.42. The summed E-state index contributed by atoms with van der Waals surface area (Å²) in [6.07, 6.45) is 2.89. The lowest BCUT2D eigenvalue weighted by Gasteiger charge is -2.36. The Morgan fingerprint density at radius 2 is 1.93 bits per heavy atom. The molecule has 43 heavy (non-hydrogen) atoms. The summed E-state index contributed by atoms with van der Waals surface area (Å²) in [6.45, 7) is 2.02. The average Bonchev–Trinajstić information content (AvgIpc) is 3.62. The van der Waals surface area contributed by atoms with E-state index >= 15 is 0 Å². The van der Waals surface area contributed by atoms with Gasteiger partial charge in [0.1, 0.15) is 18.1 Å². The van der Waals surface area contributed by atoms with Crippen molar-refractivity contribution >= 4 is 45.2 Å². The van der Waals surface area contributed by atoms with Crippen molar-refractivity contribution in [2.75, 3.05) is 13.2 Å². The summed E-state index contributed by atoms with van der Waals surface area (Å²) in [4.78, 5) is 29.5. The number of aliphatic hydroxyl groups is 2. The Morgan fingerprint density at radius 1 is 1.14 bits per heavy atom. The summed E-state index contributed by atoms with van der Waals surface area (Å²) in [6, 6.07) is 18.4. The van der Waals surface area contributed by atoms with Gasteiger partial charge < -0.3 is 20.1 Å². The van der Waals surface area contributed by atoms with Gasteiger partial charge in [0.25, 0.3) is 0 Å². The second-order valence-corrected chi connectivity index (χ2v) is 13.0. The van der Waals surface area contributed by atoms with Crippen LogP contribution in [0, 0.1) is 17.8 Å². The number of rotatable bonds is 12. The normalized spacial score (nSPS) is 21.3. The molecular formula is C34H36BrNO6S. The topological polar surface area (TPSA) is 107 Å². The molecule has 9 heteroatoms. The molecule has 1 aromatic heterocycles. The van der Waals surface area contributed by atoms with Crippen LogP contribution in [-0.2, 0) is 16.1 Å². The summed E-state index contributed by atoms with van der Waals surface area (Å²) in [5, 5.41) is 34.6. The molecular weight excluding hydrogens is 630 g/mol. The fraction of sp³-hybridized carbons (Fsp3) is 0.353. The van der Waals surface area contributed by atoms with E-state index in [0.29, 0.717) is 29.7 Å². The second kappa shape index (κ2) is 14.0. The van der Waals surface area contributed by atoms with Crippen LogP contribution in [0.25, 0.3) is 6.08 Å². The Bertz CT molecular complexity index is 1500. The van der Waals surface area contributed by atoms with Crippen molar-refractivity contribution in [2.24, 2.45) is 17.8 Å². The summed E-state index contributed by atoms with van der Waals surface area (Å²) in [7, 11) is 0. The molecule has 0 radical (unpaired) electrons. The number of allylic oxidation sites excluding steroid dienone is 1. The van der Waals surface area contributed by atoms with Gasteiger partial charge in [-0.15, -0.1) is 11.3 Å². The van der Waals surface area contributed by atoms with E-state index in [1.807, 2.05) is 66.9 Å². The number of carbonyl (C=O) groups excluding carboxylic acids is 2. The van der Waals surface area contributed by atoms with E-state index in [0.717, 1.165) is 26.9 Å². The Hall–Kier alpha value is -3.24. The van der Waals surface area contributed by atoms with Crippen LogP contribution >= 0.6 is 27.3 Å². The van der Waals surface area contributed by atoms with Crippen LogP contribution in [0.2, 0.25) is 0 Å². The highest BCUT2D eigenvalue weighted by Gasteiger charge is 2.54. The minimum Gasteiger partial charge on any atom is -0.507 e. The summed E-state index contributed by atoms with van der Waals surface area (Å²) in [5.74, 6) is -1.75. The average molecular weight is 667 g/mol. The van der Waals surface area contributed by atoms with Crippen LogP contribution < -0.4 is 4.74 Å². The van der Waals surface area contributed by atoms with Crippen LogP contribution in [0.3, 0.4) is 0 Å². The van der Waals surface area contributed by atoms with Crippen molar-refractivity contribution < 1.29 is 29.6 Å². The largest absolute Gasteiger partial charge is 0.507 e. The molecule has 1 aliphatic heterocycles. The Labute approximate surface area is 264 Å². The lowest BCUT2D eigenvalue weighted by molar-refractivity contribution is -0.140. The van der Waals surface area contributed by atoms with Crippen LogP contribution in [0.5, 0.6) is 11.5 Å². The van der Waals surface area contributed by atoms with Crippen molar-refractivity contribution in [1.29, 1.82) is 0 Å². The molecule has 1 fully saturated rings. The zero-order chi connectivity index (χ0) is 30.5. The minimum absolute atomic E-state index is 0.144. The molecule has 4 atom stereocenters. The third kappa shape index (κ3) is 6.96. The molecule has 1 saturated heterocycles. The maximum Gasteiger partial charge on any atom is 0.234 e. The number of hydrogen-bond acceptors (Lipinski definition) is 7. The Kier molecular flexibility index (Phi) is 10.2. The number of amides is 2. The van der Waals surface area contributed by atoms with Gasteiger partial charge in [-0.3, -0.25) is 14.5 Å². The van der Waals surface area contributed by atoms with Crippen molar-refractivity contribution in [3.63, 3.8) is 0 Å². The van der Waals surface area contributed by atoms with E-state index < -0.39 is 23.9 Å². The molecule has 3 aromatic rings. The van der Waals surface area contributed by atoms with Gasteiger partial charge in [0.2, 0.25) is 11.8 Å². The first-order valence-electron chi connectivity index (χ1n) is 14.5. The standard InChI is InChI=1S/C34H36BrNO6S/c1-2-21(15-22-16-24(35)11-13-29(22)38)10-12-30(39)31-23(20-42-25-7-4-3-5-8-25)17-27-32(28(31)19-37)34(41)36(33(27)40)18-26-9-6-14-43-26/h3-9,11,13-16,27-28,30,32,37-39H,2,10,12,17-20H2,1H3/b21-15+/t27-,28+,30-,32-/m1/s1. The van der Waals surface area contributed by atoms with E-state index in [-0.39, 0.29) is 43.7 Å². The summed E-state index contributed by atoms with van der Waals surface area (Å²) >= 11 is 4.94. The van der Waals surface area contributed by atoms with Gasteiger partial charge in [-0.2, -0.15) is 0 Å². The highest BCUT2D eigenvalue weighted by molar-refractivity contribution is 9.10. The molecule has 2 aromatic carbocycles. The number of aromatic hydroxyl groups is 1. The zero-order valence-electron chi connectivity index (χ0n) is 24.0. The molecule has 2 amide bonds. The SMILES string of the molecule is CC/C(=C\c1cc(Br)ccc1O)CC[C@@H](O)C1=C(COc2ccccc2)C[C@H]2C(=O)N(Cc3cccs3)C(=O)[C@H]2[C@H]1CO. The van der Waals surface area contributed by atoms with E-state index in [1.54, 1.807) is 12.1 Å². The number of para-hydroxylation sites is 1. The number of carbonyl (C=O) groups is 2. The number of hydrogen-bond donors (Lipinski definition) is 3. The number of imide groups is 1. The molecule has 0 unspecified atom stereocenters. The Balaban J connectivity index is 1.43. The lowest BCUT2D eigenvalue weighted by Crippen LogP contribution is -2.40. The van der Waals surface area contributed by atoms with E-state index in [9.17, 15) is 24.9 Å². The van der Waals surface area contributed by atoms with E-state index in [4.69, 9.17) is 4.74 Å². The molecule has 5 rings (SSSR count). The molecule has 0 bridgehead atoms. The maximum absolute atomic E-state index is 13.7. The molecule has 0 spiro atoms. The first kappa shape index (κ1) is 31.2. The predicted octanol–water partition coefficient (Wildman–Crippen LogP) is 6.34. The highest BCUT2D eigenvalue weighted by Crippen LogP contribution is 2.47. The van der Waals surface area contributed by atoms with Crippen molar-refractivity contribution in [2.45, 2.75) is 45.3 Å².